The number of anilines is 1. The number of likely N-dealkylation sites (tertiary alicyclic amines) is 1. The average molecular weight is 338 g/mol. The van der Waals surface area contributed by atoms with E-state index < -0.39 is 0 Å². The van der Waals surface area contributed by atoms with Crippen molar-refractivity contribution >= 4 is 33.3 Å². The molecular weight excluding hydrogens is 322 g/mol. The van der Waals surface area contributed by atoms with Gasteiger partial charge in [-0.3, -0.25) is 4.79 Å². The van der Waals surface area contributed by atoms with Gasteiger partial charge in [-0.05, 0) is 35.7 Å². The maximum atomic E-state index is 12.3. The Kier molecular flexibility index (Phi) is 3.60. The van der Waals surface area contributed by atoms with Crippen LogP contribution in [0.3, 0.4) is 0 Å². The molecule has 20 heavy (non-hydrogen) atoms. The molecule has 3 rings (SSSR count). The van der Waals surface area contributed by atoms with Gasteiger partial charge in [0.25, 0.3) is 0 Å². The Morgan fingerprint density at radius 2 is 2.20 bits per heavy atom. The van der Waals surface area contributed by atoms with Gasteiger partial charge < -0.3 is 14.6 Å². The van der Waals surface area contributed by atoms with Crippen LogP contribution >= 0.6 is 15.9 Å². The van der Waals surface area contributed by atoms with Gasteiger partial charge in [-0.25, -0.2) is 9.97 Å². The van der Waals surface area contributed by atoms with Crippen LogP contribution in [0.15, 0.2) is 23.2 Å². The number of fused-ring (bicyclic) bond motifs is 1. The zero-order chi connectivity index (χ0) is 14.1. The van der Waals surface area contributed by atoms with Crippen molar-refractivity contribution in [2.24, 2.45) is 0 Å². The maximum absolute atomic E-state index is 12.3. The summed E-state index contributed by atoms with van der Waals surface area (Å²) in [5.74, 6) is 0.735. The molecule has 0 spiro atoms. The van der Waals surface area contributed by atoms with Crippen molar-refractivity contribution in [2.45, 2.75) is 25.8 Å². The minimum Gasteiger partial charge on any atom is -0.355 e. The summed E-state index contributed by atoms with van der Waals surface area (Å²) in [5, 5.41) is 3.17. The van der Waals surface area contributed by atoms with Crippen LogP contribution in [0, 0.1) is 0 Å². The van der Waals surface area contributed by atoms with Gasteiger partial charge in [0.15, 0.2) is 11.5 Å². The summed E-state index contributed by atoms with van der Waals surface area (Å²) in [6.45, 7) is 3.58. The Balaban J connectivity index is 1.81. The van der Waals surface area contributed by atoms with E-state index >= 15 is 0 Å². The molecule has 1 amide bonds. The highest BCUT2D eigenvalue weighted by Gasteiger charge is 2.24. The van der Waals surface area contributed by atoms with Crippen LogP contribution in [0.1, 0.15) is 19.8 Å². The van der Waals surface area contributed by atoms with Crippen LogP contribution < -0.4 is 5.32 Å². The van der Waals surface area contributed by atoms with E-state index in [0.717, 1.165) is 25.9 Å². The second kappa shape index (κ2) is 5.40. The van der Waals surface area contributed by atoms with E-state index in [1.54, 1.807) is 6.20 Å². The molecule has 1 fully saturated rings. The summed E-state index contributed by atoms with van der Waals surface area (Å²) >= 11 is 3.37. The number of hydrogen-bond donors (Lipinski definition) is 1. The summed E-state index contributed by atoms with van der Waals surface area (Å²) < 4.78 is 2.57. The lowest BCUT2D eigenvalue weighted by molar-refractivity contribution is -0.130. The largest absolute Gasteiger partial charge is 0.355 e. The number of aromatic nitrogens is 3. The van der Waals surface area contributed by atoms with Gasteiger partial charge in [0.05, 0.1) is 0 Å². The Labute approximate surface area is 125 Å². The standard InChI is InChI=1S/C13H16BrN5O/c1-9(13(20)18-5-2-3-6-18)16-11-12-15-4-7-19(12)8-10(14)17-11/h4,7-9H,2-3,5-6H2,1H3,(H,16,17). The minimum absolute atomic E-state index is 0.119. The number of carbonyl (C=O) groups is 1. The van der Waals surface area contributed by atoms with Crippen LogP contribution in [0.5, 0.6) is 0 Å². The molecule has 1 saturated heterocycles. The number of amides is 1. The molecule has 7 heteroatoms. The minimum atomic E-state index is -0.310. The van der Waals surface area contributed by atoms with Gasteiger partial charge in [0.1, 0.15) is 10.6 Å². The van der Waals surface area contributed by atoms with Crippen LogP contribution in [0.4, 0.5) is 5.82 Å². The normalized spacial score (nSPS) is 16.6. The maximum Gasteiger partial charge on any atom is 0.244 e. The average Bonchev–Trinajstić information content (AvgIpc) is 3.08. The Morgan fingerprint density at radius 1 is 1.45 bits per heavy atom. The van der Waals surface area contributed by atoms with Crippen molar-refractivity contribution in [3.63, 3.8) is 0 Å². The van der Waals surface area contributed by atoms with Crippen LogP contribution in [0.25, 0.3) is 5.65 Å². The zero-order valence-electron chi connectivity index (χ0n) is 11.2. The molecule has 106 valence electrons. The van der Waals surface area contributed by atoms with Crippen molar-refractivity contribution in [1.82, 2.24) is 19.3 Å². The van der Waals surface area contributed by atoms with Crippen molar-refractivity contribution in [1.29, 1.82) is 0 Å². The predicted molar refractivity (Wildman–Crippen MR) is 79.6 cm³/mol. The number of halogens is 1. The monoisotopic (exact) mass is 337 g/mol. The first-order chi connectivity index (χ1) is 9.65. The molecule has 1 aliphatic heterocycles. The number of rotatable bonds is 3. The third kappa shape index (κ3) is 2.49. The molecule has 2 aromatic rings. The molecule has 1 aliphatic rings. The first kappa shape index (κ1) is 13.4. The summed E-state index contributed by atoms with van der Waals surface area (Å²) in [7, 11) is 0. The van der Waals surface area contributed by atoms with Crippen LogP contribution in [-0.4, -0.2) is 44.3 Å². The van der Waals surface area contributed by atoms with Crippen LogP contribution in [0.2, 0.25) is 0 Å². The van der Waals surface area contributed by atoms with Gasteiger partial charge in [-0.2, -0.15) is 0 Å². The van der Waals surface area contributed by atoms with E-state index in [4.69, 9.17) is 0 Å². The number of imidazole rings is 1. The highest BCUT2D eigenvalue weighted by atomic mass is 79.9. The summed E-state index contributed by atoms with van der Waals surface area (Å²) in [5.41, 5.74) is 0.717. The summed E-state index contributed by atoms with van der Waals surface area (Å²) in [4.78, 5) is 22.8. The molecular formula is C13H16BrN5O. The smallest absolute Gasteiger partial charge is 0.244 e. The number of hydrogen-bond acceptors (Lipinski definition) is 4. The lowest BCUT2D eigenvalue weighted by Crippen LogP contribution is -2.39. The molecule has 1 N–H and O–H groups in total. The zero-order valence-corrected chi connectivity index (χ0v) is 12.8. The molecule has 3 heterocycles. The number of nitrogens with zero attached hydrogens (tertiary/aromatic N) is 4. The third-order valence-corrected chi connectivity index (χ3v) is 3.87. The number of carbonyl (C=O) groups excluding carboxylic acids is 1. The lowest BCUT2D eigenvalue weighted by Gasteiger charge is -2.21. The summed E-state index contributed by atoms with van der Waals surface area (Å²) in [6, 6.07) is -0.310. The van der Waals surface area contributed by atoms with Gasteiger partial charge in [-0.15, -0.1) is 0 Å². The third-order valence-electron chi connectivity index (χ3n) is 3.49. The van der Waals surface area contributed by atoms with Crippen molar-refractivity contribution in [2.75, 3.05) is 18.4 Å². The molecule has 1 unspecified atom stereocenters. The van der Waals surface area contributed by atoms with Gasteiger partial charge in [0.2, 0.25) is 5.91 Å². The molecule has 0 radical (unpaired) electrons. The highest BCUT2D eigenvalue weighted by Crippen LogP contribution is 2.18. The fraction of sp³-hybridized carbons (Fsp3) is 0.462. The molecule has 0 bridgehead atoms. The Morgan fingerprint density at radius 3 is 2.95 bits per heavy atom. The predicted octanol–water partition coefficient (Wildman–Crippen LogP) is 1.91. The summed E-state index contributed by atoms with van der Waals surface area (Å²) in [6.07, 6.45) is 7.58. The second-order valence-corrected chi connectivity index (χ2v) is 5.78. The molecule has 1 atom stereocenters. The SMILES string of the molecule is CC(Nc1nc(Br)cn2ccnc12)C(=O)N1CCCC1. The van der Waals surface area contributed by atoms with E-state index in [1.165, 1.54) is 0 Å². The van der Waals surface area contributed by atoms with E-state index in [9.17, 15) is 4.79 Å². The van der Waals surface area contributed by atoms with Crippen molar-refractivity contribution in [3.05, 3.63) is 23.2 Å². The molecule has 0 saturated carbocycles. The molecule has 6 nitrogen and oxygen atoms in total. The van der Waals surface area contributed by atoms with Crippen molar-refractivity contribution in [3.8, 4) is 0 Å². The van der Waals surface area contributed by atoms with E-state index in [0.29, 0.717) is 16.1 Å². The van der Waals surface area contributed by atoms with Crippen molar-refractivity contribution < 1.29 is 4.79 Å². The molecule has 2 aromatic heterocycles. The van der Waals surface area contributed by atoms with E-state index in [1.807, 2.05) is 28.6 Å². The fourth-order valence-corrected chi connectivity index (χ4v) is 2.87. The van der Waals surface area contributed by atoms with Gasteiger partial charge >= 0.3 is 0 Å². The topological polar surface area (TPSA) is 62.5 Å². The van der Waals surface area contributed by atoms with Gasteiger partial charge in [0, 0.05) is 31.7 Å². The molecule has 0 aliphatic carbocycles. The molecule has 0 aromatic carbocycles. The Hall–Kier alpha value is -1.63. The first-order valence-corrected chi connectivity index (χ1v) is 7.49. The number of nitrogens with one attached hydrogen (secondary N) is 1. The quantitative estimate of drug-likeness (QED) is 0.929. The Bertz CT molecular complexity index is 635. The van der Waals surface area contributed by atoms with Gasteiger partial charge in [-0.1, -0.05) is 0 Å². The first-order valence-electron chi connectivity index (χ1n) is 6.69. The lowest BCUT2D eigenvalue weighted by atomic mass is 10.3. The highest BCUT2D eigenvalue weighted by molar-refractivity contribution is 9.10. The second-order valence-electron chi connectivity index (χ2n) is 4.97. The van der Waals surface area contributed by atoms with E-state index in [2.05, 4.69) is 31.2 Å². The van der Waals surface area contributed by atoms with E-state index in [-0.39, 0.29) is 11.9 Å². The fourth-order valence-electron chi connectivity index (χ4n) is 2.48. The van der Waals surface area contributed by atoms with Crippen LogP contribution in [-0.2, 0) is 4.79 Å².